The van der Waals surface area contributed by atoms with Crippen molar-refractivity contribution in [2.75, 3.05) is 19.6 Å². The summed E-state index contributed by atoms with van der Waals surface area (Å²) in [6.07, 6.45) is 2.59. The Bertz CT molecular complexity index is 672. The lowest BCUT2D eigenvalue weighted by Crippen LogP contribution is -2.49. The van der Waals surface area contributed by atoms with Crippen molar-refractivity contribution in [3.63, 3.8) is 0 Å². The average Bonchev–Trinajstić information content (AvgIpc) is 2.40. The molecule has 0 spiro atoms. The predicted octanol–water partition coefficient (Wildman–Crippen LogP) is -1.17. The van der Waals surface area contributed by atoms with E-state index in [0.717, 1.165) is 25.6 Å². The molecule has 2 rings (SSSR count). The van der Waals surface area contributed by atoms with Crippen LogP contribution in [-0.2, 0) is 10.0 Å². The minimum absolute atomic E-state index is 0.176. The van der Waals surface area contributed by atoms with E-state index < -0.39 is 26.2 Å². The van der Waals surface area contributed by atoms with Gasteiger partial charge >= 0.3 is 5.69 Å². The predicted molar refractivity (Wildman–Crippen MR) is 73.1 cm³/mol. The summed E-state index contributed by atoms with van der Waals surface area (Å²) >= 11 is 0. The number of likely N-dealkylation sites (N-methyl/N-ethyl adjacent to an activating group) is 1. The molecule has 1 aliphatic rings. The van der Waals surface area contributed by atoms with Crippen LogP contribution >= 0.6 is 0 Å². The number of sulfonamides is 1. The van der Waals surface area contributed by atoms with Crippen molar-refractivity contribution in [2.45, 2.75) is 30.7 Å². The molecule has 1 aromatic rings. The topological polar surface area (TPSA) is 115 Å². The van der Waals surface area contributed by atoms with Gasteiger partial charge in [-0.05, 0) is 19.4 Å². The van der Waals surface area contributed by atoms with Crippen LogP contribution in [0.3, 0.4) is 0 Å². The molecule has 1 unspecified atom stereocenters. The van der Waals surface area contributed by atoms with Crippen molar-refractivity contribution >= 4 is 10.0 Å². The van der Waals surface area contributed by atoms with Crippen LogP contribution in [0.15, 0.2) is 20.7 Å². The molecule has 1 atom stereocenters. The van der Waals surface area contributed by atoms with Gasteiger partial charge in [-0.25, -0.2) is 13.2 Å². The number of H-pyrrole nitrogens is 2. The van der Waals surface area contributed by atoms with E-state index in [4.69, 9.17) is 0 Å². The quantitative estimate of drug-likeness (QED) is 0.648. The molecule has 1 saturated heterocycles. The van der Waals surface area contributed by atoms with E-state index in [9.17, 15) is 18.0 Å². The standard InChI is InChI=1S/C11H18N4O4S/c1-2-15(8-4-3-5-12-6-8)20(18,19)9-7-13-11(17)14-10(9)16/h7-8,12H,2-6H2,1H3,(H2,13,14,16,17). The Balaban J connectivity index is 2.40. The summed E-state index contributed by atoms with van der Waals surface area (Å²) < 4.78 is 26.4. The molecule has 8 nitrogen and oxygen atoms in total. The maximum atomic E-state index is 12.6. The second-order valence-electron chi connectivity index (χ2n) is 4.64. The van der Waals surface area contributed by atoms with E-state index in [1.54, 1.807) is 6.92 Å². The zero-order valence-corrected chi connectivity index (χ0v) is 12.0. The van der Waals surface area contributed by atoms with E-state index in [1.165, 1.54) is 4.31 Å². The Labute approximate surface area is 116 Å². The van der Waals surface area contributed by atoms with E-state index in [2.05, 4.69) is 10.3 Å². The van der Waals surface area contributed by atoms with Crippen LogP contribution in [0.5, 0.6) is 0 Å². The second kappa shape index (κ2) is 5.90. The molecule has 0 radical (unpaired) electrons. The fraction of sp³-hybridized carbons (Fsp3) is 0.636. The molecule has 3 N–H and O–H groups in total. The number of rotatable bonds is 4. The number of aromatic nitrogens is 2. The third kappa shape index (κ3) is 2.84. The fourth-order valence-electron chi connectivity index (χ4n) is 2.42. The Morgan fingerprint density at radius 1 is 1.40 bits per heavy atom. The molecule has 1 aliphatic heterocycles. The first kappa shape index (κ1) is 14.9. The monoisotopic (exact) mass is 302 g/mol. The molecular weight excluding hydrogens is 284 g/mol. The first-order valence-electron chi connectivity index (χ1n) is 6.51. The smallest absolute Gasteiger partial charge is 0.315 e. The third-order valence-electron chi connectivity index (χ3n) is 3.36. The molecule has 0 amide bonds. The molecule has 112 valence electrons. The van der Waals surface area contributed by atoms with Gasteiger partial charge in [0.05, 0.1) is 0 Å². The summed E-state index contributed by atoms with van der Waals surface area (Å²) in [5.41, 5.74) is -1.62. The van der Waals surface area contributed by atoms with Crippen molar-refractivity contribution in [2.24, 2.45) is 0 Å². The molecule has 2 heterocycles. The van der Waals surface area contributed by atoms with Crippen molar-refractivity contribution in [1.29, 1.82) is 0 Å². The van der Waals surface area contributed by atoms with Crippen LogP contribution in [0.25, 0.3) is 0 Å². The van der Waals surface area contributed by atoms with Gasteiger partial charge in [0.2, 0.25) is 10.0 Å². The summed E-state index contributed by atoms with van der Waals surface area (Å²) in [7, 11) is -3.92. The van der Waals surface area contributed by atoms with E-state index >= 15 is 0 Å². The molecule has 0 aromatic carbocycles. The normalized spacial score (nSPS) is 20.2. The van der Waals surface area contributed by atoms with Crippen molar-refractivity contribution in [3.05, 3.63) is 27.0 Å². The number of hydrogen-bond acceptors (Lipinski definition) is 5. The Morgan fingerprint density at radius 3 is 2.70 bits per heavy atom. The number of aromatic amines is 2. The first-order chi connectivity index (χ1) is 9.46. The van der Waals surface area contributed by atoms with Crippen LogP contribution in [-0.4, -0.2) is 48.4 Å². The Hall–Kier alpha value is -1.45. The zero-order valence-electron chi connectivity index (χ0n) is 11.2. The SMILES string of the molecule is CCN(C1CCCNC1)S(=O)(=O)c1c[nH]c(=O)[nH]c1=O. The highest BCUT2D eigenvalue weighted by Crippen LogP contribution is 2.18. The van der Waals surface area contributed by atoms with Gasteiger partial charge in [-0.15, -0.1) is 0 Å². The highest BCUT2D eigenvalue weighted by atomic mass is 32.2. The van der Waals surface area contributed by atoms with Gasteiger partial charge in [0.1, 0.15) is 0 Å². The van der Waals surface area contributed by atoms with Gasteiger partial charge in [0.15, 0.2) is 4.90 Å². The minimum Gasteiger partial charge on any atom is -0.315 e. The summed E-state index contributed by atoms with van der Waals surface area (Å²) in [4.78, 5) is 26.4. The zero-order chi connectivity index (χ0) is 14.8. The van der Waals surface area contributed by atoms with E-state index in [1.807, 2.05) is 4.98 Å². The molecule has 9 heteroatoms. The minimum atomic E-state index is -3.92. The highest BCUT2D eigenvalue weighted by molar-refractivity contribution is 7.89. The number of hydrogen-bond donors (Lipinski definition) is 3. The highest BCUT2D eigenvalue weighted by Gasteiger charge is 2.32. The molecule has 0 saturated carbocycles. The maximum absolute atomic E-state index is 12.6. The van der Waals surface area contributed by atoms with E-state index in [0.29, 0.717) is 6.54 Å². The van der Waals surface area contributed by atoms with Crippen molar-refractivity contribution < 1.29 is 8.42 Å². The third-order valence-corrected chi connectivity index (χ3v) is 5.39. The van der Waals surface area contributed by atoms with Gasteiger partial charge in [0, 0.05) is 25.3 Å². The summed E-state index contributed by atoms with van der Waals surface area (Å²) in [6, 6.07) is -0.176. The summed E-state index contributed by atoms with van der Waals surface area (Å²) in [5, 5.41) is 3.15. The Morgan fingerprint density at radius 2 is 2.15 bits per heavy atom. The Kier molecular flexibility index (Phi) is 4.41. The van der Waals surface area contributed by atoms with Gasteiger partial charge in [0.25, 0.3) is 5.56 Å². The lowest BCUT2D eigenvalue weighted by Gasteiger charge is -2.32. The number of nitrogens with one attached hydrogen (secondary N) is 3. The van der Waals surface area contributed by atoms with E-state index in [-0.39, 0.29) is 12.6 Å². The molecule has 20 heavy (non-hydrogen) atoms. The summed E-state index contributed by atoms with van der Waals surface area (Å²) in [5.74, 6) is 0. The van der Waals surface area contributed by atoms with Crippen LogP contribution in [0, 0.1) is 0 Å². The van der Waals surface area contributed by atoms with Gasteiger partial charge in [-0.2, -0.15) is 4.31 Å². The number of nitrogens with zero attached hydrogens (tertiary/aromatic N) is 1. The fourth-order valence-corrected chi connectivity index (χ4v) is 4.08. The van der Waals surface area contributed by atoms with Gasteiger partial charge in [-0.3, -0.25) is 9.78 Å². The molecule has 1 fully saturated rings. The molecule has 1 aromatic heterocycles. The summed E-state index contributed by atoms with van der Waals surface area (Å²) in [6.45, 7) is 3.43. The van der Waals surface area contributed by atoms with Gasteiger partial charge in [-0.1, -0.05) is 6.92 Å². The second-order valence-corrected chi connectivity index (χ2v) is 6.50. The number of piperidine rings is 1. The lowest BCUT2D eigenvalue weighted by molar-refractivity contribution is 0.274. The van der Waals surface area contributed by atoms with Crippen molar-refractivity contribution in [3.8, 4) is 0 Å². The van der Waals surface area contributed by atoms with Crippen LogP contribution in [0.4, 0.5) is 0 Å². The maximum Gasteiger partial charge on any atom is 0.325 e. The largest absolute Gasteiger partial charge is 0.325 e. The van der Waals surface area contributed by atoms with Crippen LogP contribution < -0.4 is 16.6 Å². The molecule has 0 aliphatic carbocycles. The van der Waals surface area contributed by atoms with Crippen molar-refractivity contribution in [1.82, 2.24) is 19.6 Å². The first-order valence-corrected chi connectivity index (χ1v) is 7.95. The molecule has 0 bridgehead atoms. The lowest BCUT2D eigenvalue weighted by atomic mass is 10.1. The van der Waals surface area contributed by atoms with Crippen LogP contribution in [0.2, 0.25) is 0 Å². The molecular formula is C11H18N4O4S. The van der Waals surface area contributed by atoms with Gasteiger partial charge < -0.3 is 10.3 Å². The van der Waals surface area contributed by atoms with Crippen LogP contribution in [0.1, 0.15) is 19.8 Å². The average molecular weight is 302 g/mol.